The minimum absolute atomic E-state index is 0.263. The molecule has 5 nitrogen and oxygen atoms in total. The molecule has 24 heavy (non-hydrogen) atoms. The number of hydrogen-bond acceptors (Lipinski definition) is 3. The number of fused-ring (bicyclic) bond motifs is 2. The lowest BCUT2D eigenvalue weighted by Crippen LogP contribution is -2.12. The van der Waals surface area contributed by atoms with Crippen LogP contribution < -0.4 is 5.32 Å². The minimum atomic E-state index is -0.430. The number of benzene rings is 2. The fourth-order valence-electron chi connectivity index (χ4n) is 2.61. The van der Waals surface area contributed by atoms with Crippen molar-refractivity contribution in [2.75, 3.05) is 5.32 Å². The largest absolute Gasteiger partial charge is 0.441 e. The smallest absolute Gasteiger partial charge is 0.272 e. The van der Waals surface area contributed by atoms with Crippen molar-refractivity contribution in [2.45, 2.75) is 6.92 Å². The molecule has 2 aromatic heterocycles. The highest BCUT2D eigenvalue weighted by molar-refractivity contribution is 9.10. The molecule has 7 heteroatoms. The first-order chi connectivity index (χ1) is 11.5. The molecular weight excluding hydrogens is 377 g/mol. The Morgan fingerprint density at radius 2 is 2.17 bits per heavy atom. The predicted molar refractivity (Wildman–Crippen MR) is 92.7 cm³/mol. The summed E-state index contributed by atoms with van der Waals surface area (Å²) >= 11 is 3.13. The van der Waals surface area contributed by atoms with E-state index in [4.69, 9.17) is 4.42 Å². The van der Waals surface area contributed by atoms with Gasteiger partial charge in [0.05, 0.1) is 15.7 Å². The van der Waals surface area contributed by atoms with Crippen LogP contribution in [0.15, 0.2) is 45.3 Å². The van der Waals surface area contributed by atoms with Crippen LogP contribution in [0, 0.1) is 12.7 Å². The molecule has 0 bridgehead atoms. The summed E-state index contributed by atoms with van der Waals surface area (Å²) in [4.78, 5) is 19.6. The zero-order chi connectivity index (χ0) is 16.8. The molecule has 0 radical (unpaired) electrons. The number of oxazole rings is 1. The number of amides is 1. The maximum absolute atomic E-state index is 14.1. The molecule has 2 N–H and O–H groups in total. The van der Waals surface area contributed by atoms with Gasteiger partial charge in [-0.25, -0.2) is 9.37 Å². The Bertz CT molecular complexity index is 1100. The second kappa shape index (κ2) is 5.45. The van der Waals surface area contributed by atoms with Crippen molar-refractivity contribution in [3.8, 4) is 0 Å². The van der Waals surface area contributed by atoms with Gasteiger partial charge in [-0.3, -0.25) is 4.79 Å². The van der Waals surface area contributed by atoms with E-state index in [9.17, 15) is 9.18 Å². The topological polar surface area (TPSA) is 70.9 Å². The molecule has 4 aromatic rings. The lowest BCUT2D eigenvalue weighted by molar-refractivity contribution is 0.102. The lowest BCUT2D eigenvalue weighted by atomic mass is 10.2. The monoisotopic (exact) mass is 387 g/mol. The van der Waals surface area contributed by atoms with Crippen LogP contribution in [-0.2, 0) is 0 Å². The van der Waals surface area contributed by atoms with E-state index in [2.05, 4.69) is 31.2 Å². The molecule has 0 saturated carbocycles. The van der Waals surface area contributed by atoms with E-state index in [0.29, 0.717) is 32.5 Å². The van der Waals surface area contributed by atoms with Crippen molar-refractivity contribution >= 4 is 49.5 Å². The summed E-state index contributed by atoms with van der Waals surface area (Å²) in [6, 6.07) is 10.2. The number of carbonyl (C=O) groups excluding carboxylic acids is 1. The molecule has 2 aromatic carbocycles. The number of halogens is 2. The SMILES string of the molecule is Cc1nc2c(NC(=O)c3cc4ccc(Br)c(F)c4[nH]3)cccc2o1. The Labute approximate surface area is 144 Å². The standard InChI is InChI=1S/C17H11BrFN3O2/c1-8-20-16-11(3-2-4-13(16)24-8)22-17(23)12-7-9-5-6-10(18)14(19)15(9)21-12/h2-7,21H,1H3,(H,22,23). The Kier molecular flexibility index (Phi) is 3.38. The Morgan fingerprint density at radius 3 is 3.00 bits per heavy atom. The van der Waals surface area contributed by atoms with E-state index >= 15 is 0 Å². The summed E-state index contributed by atoms with van der Waals surface area (Å²) < 4.78 is 19.9. The predicted octanol–water partition coefficient (Wildman–Crippen LogP) is 4.77. The summed E-state index contributed by atoms with van der Waals surface area (Å²) in [6.45, 7) is 1.74. The number of aromatic amines is 1. The van der Waals surface area contributed by atoms with Gasteiger partial charge < -0.3 is 14.7 Å². The van der Waals surface area contributed by atoms with Gasteiger partial charge in [0, 0.05) is 12.3 Å². The molecule has 4 rings (SSSR count). The van der Waals surface area contributed by atoms with Crippen molar-refractivity contribution in [1.82, 2.24) is 9.97 Å². The average Bonchev–Trinajstić information content (AvgIpc) is 3.15. The summed E-state index contributed by atoms with van der Waals surface area (Å²) in [7, 11) is 0. The van der Waals surface area contributed by atoms with Gasteiger partial charge in [-0.05, 0) is 40.2 Å². The number of hydrogen-bond donors (Lipinski definition) is 2. The van der Waals surface area contributed by atoms with Crippen molar-refractivity contribution in [3.63, 3.8) is 0 Å². The molecule has 120 valence electrons. The van der Waals surface area contributed by atoms with Crippen molar-refractivity contribution in [2.24, 2.45) is 0 Å². The number of aromatic nitrogens is 2. The summed E-state index contributed by atoms with van der Waals surface area (Å²) in [5, 5.41) is 3.40. The van der Waals surface area contributed by atoms with E-state index in [1.54, 1.807) is 43.3 Å². The van der Waals surface area contributed by atoms with Gasteiger partial charge in [-0.2, -0.15) is 0 Å². The molecule has 0 spiro atoms. The molecule has 0 saturated heterocycles. The van der Waals surface area contributed by atoms with Gasteiger partial charge in [-0.1, -0.05) is 12.1 Å². The van der Waals surface area contributed by atoms with Crippen molar-refractivity contribution in [3.05, 3.63) is 58.3 Å². The van der Waals surface area contributed by atoms with E-state index in [1.165, 1.54) is 0 Å². The summed E-state index contributed by atoms with van der Waals surface area (Å²) in [6.07, 6.45) is 0. The van der Waals surface area contributed by atoms with Crippen LogP contribution in [0.5, 0.6) is 0 Å². The van der Waals surface area contributed by atoms with E-state index in [-0.39, 0.29) is 17.1 Å². The molecule has 0 unspecified atom stereocenters. The normalized spacial score (nSPS) is 11.3. The van der Waals surface area contributed by atoms with Crippen LogP contribution in [-0.4, -0.2) is 15.9 Å². The lowest BCUT2D eigenvalue weighted by Gasteiger charge is -2.03. The van der Waals surface area contributed by atoms with Crippen LogP contribution in [0.3, 0.4) is 0 Å². The molecule has 0 fully saturated rings. The third kappa shape index (κ3) is 2.37. The number of nitrogens with zero attached hydrogens (tertiary/aromatic N) is 1. The first kappa shape index (κ1) is 14.9. The average molecular weight is 388 g/mol. The molecule has 2 heterocycles. The minimum Gasteiger partial charge on any atom is -0.441 e. The number of anilines is 1. The molecule has 0 aliphatic carbocycles. The van der Waals surface area contributed by atoms with Crippen LogP contribution >= 0.6 is 15.9 Å². The molecular formula is C17H11BrFN3O2. The highest BCUT2D eigenvalue weighted by Crippen LogP contribution is 2.27. The van der Waals surface area contributed by atoms with E-state index in [1.807, 2.05) is 0 Å². The molecule has 0 atom stereocenters. The van der Waals surface area contributed by atoms with Gasteiger partial charge in [0.25, 0.3) is 5.91 Å². The van der Waals surface area contributed by atoms with Crippen molar-refractivity contribution < 1.29 is 13.6 Å². The number of carbonyl (C=O) groups is 1. The first-order valence-corrected chi connectivity index (χ1v) is 7.96. The van der Waals surface area contributed by atoms with Gasteiger partial charge in [-0.15, -0.1) is 0 Å². The van der Waals surface area contributed by atoms with Crippen LogP contribution in [0.25, 0.3) is 22.0 Å². The summed E-state index contributed by atoms with van der Waals surface area (Å²) in [5.74, 6) is -0.292. The quantitative estimate of drug-likeness (QED) is 0.520. The number of aryl methyl sites for hydroxylation is 1. The zero-order valence-corrected chi connectivity index (χ0v) is 14.1. The Balaban J connectivity index is 1.72. The highest BCUT2D eigenvalue weighted by Gasteiger charge is 2.15. The van der Waals surface area contributed by atoms with Crippen LogP contribution in [0.4, 0.5) is 10.1 Å². The number of rotatable bonds is 2. The third-order valence-electron chi connectivity index (χ3n) is 3.71. The fraction of sp³-hybridized carbons (Fsp3) is 0.0588. The number of nitrogens with one attached hydrogen (secondary N) is 2. The molecule has 0 aliphatic rings. The Morgan fingerprint density at radius 1 is 1.33 bits per heavy atom. The fourth-order valence-corrected chi connectivity index (χ4v) is 2.94. The maximum Gasteiger partial charge on any atom is 0.272 e. The second-order valence-corrected chi connectivity index (χ2v) is 6.20. The first-order valence-electron chi connectivity index (χ1n) is 7.17. The van der Waals surface area contributed by atoms with Gasteiger partial charge in [0.1, 0.15) is 11.2 Å². The van der Waals surface area contributed by atoms with Crippen molar-refractivity contribution in [1.29, 1.82) is 0 Å². The third-order valence-corrected chi connectivity index (χ3v) is 4.32. The van der Waals surface area contributed by atoms with Gasteiger partial charge in [0.2, 0.25) is 0 Å². The Hall–Kier alpha value is -2.67. The highest BCUT2D eigenvalue weighted by atomic mass is 79.9. The van der Waals surface area contributed by atoms with E-state index < -0.39 is 5.82 Å². The van der Waals surface area contributed by atoms with Crippen LogP contribution in [0.2, 0.25) is 0 Å². The number of para-hydroxylation sites is 1. The molecule has 1 amide bonds. The summed E-state index contributed by atoms with van der Waals surface area (Å²) in [5.41, 5.74) is 2.25. The molecule has 0 aliphatic heterocycles. The zero-order valence-electron chi connectivity index (χ0n) is 12.5. The number of H-pyrrole nitrogens is 1. The van der Waals surface area contributed by atoms with Gasteiger partial charge in [0.15, 0.2) is 17.3 Å². The maximum atomic E-state index is 14.1. The van der Waals surface area contributed by atoms with E-state index in [0.717, 1.165) is 0 Å². The van der Waals surface area contributed by atoms with Crippen LogP contribution in [0.1, 0.15) is 16.4 Å². The van der Waals surface area contributed by atoms with Gasteiger partial charge >= 0.3 is 0 Å². The second-order valence-electron chi connectivity index (χ2n) is 5.35.